The summed E-state index contributed by atoms with van der Waals surface area (Å²) in [6.45, 7) is 3.24. The Kier molecular flexibility index (Phi) is 4.96. The molecule has 1 aliphatic rings. The molecule has 1 fully saturated rings. The Hall–Kier alpha value is -1.88. The van der Waals surface area contributed by atoms with Crippen LogP contribution in [-0.4, -0.2) is 53.6 Å². The quantitative estimate of drug-likeness (QED) is 0.613. The first-order chi connectivity index (χ1) is 10.0. The van der Waals surface area contributed by atoms with Crippen LogP contribution in [0.2, 0.25) is 5.02 Å². The second-order valence-electron chi connectivity index (χ2n) is 4.92. The maximum atomic E-state index is 12.2. The predicted molar refractivity (Wildman–Crippen MR) is 79.2 cm³/mol. The van der Waals surface area contributed by atoms with Gasteiger partial charge in [-0.25, -0.2) is 0 Å². The first-order valence-electron chi connectivity index (χ1n) is 6.90. The molecule has 0 saturated carbocycles. The molecule has 1 aliphatic heterocycles. The zero-order valence-electron chi connectivity index (χ0n) is 11.8. The van der Waals surface area contributed by atoms with Gasteiger partial charge in [-0.15, -0.1) is 0 Å². The SMILES string of the molecule is CCCN1CCN(CC(=O)c2ccccc2Cl)C(=O)C1=O. The van der Waals surface area contributed by atoms with Gasteiger partial charge in [0.25, 0.3) is 0 Å². The Labute approximate surface area is 128 Å². The van der Waals surface area contributed by atoms with Gasteiger partial charge in [0.1, 0.15) is 0 Å². The van der Waals surface area contributed by atoms with Crippen LogP contribution in [0.4, 0.5) is 0 Å². The molecule has 1 heterocycles. The Morgan fingerprint density at radius 3 is 2.43 bits per heavy atom. The van der Waals surface area contributed by atoms with Crippen molar-refractivity contribution in [2.24, 2.45) is 0 Å². The van der Waals surface area contributed by atoms with Gasteiger partial charge >= 0.3 is 11.8 Å². The molecular weight excluding hydrogens is 292 g/mol. The summed E-state index contributed by atoms with van der Waals surface area (Å²) in [7, 11) is 0. The molecule has 1 saturated heterocycles. The van der Waals surface area contributed by atoms with E-state index in [1.54, 1.807) is 24.3 Å². The molecule has 2 amide bonds. The molecule has 0 atom stereocenters. The lowest BCUT2D eigenvalue weighted by atomic mass is 10.1. The van der Waals surface area contributed by atoms with Gasteiger partial charge in [0.05, 0.1) is 11.6 Å². The molecule has 21 heavy (non-hydrogen) atoms. The van der Waals surface area contributed by atoms with Crippen molar-refractivity contribution in [3.8, 4) is 0 Å². The summed E-state index contributed by atoms with van der Waals surface area (Å²) in [5.41, 5.74) is 0.371. The third-order valence-corrected chi connectivity index (χ3v) is 3.73. The van der Waals surface area contributed by atoms with E-state index in [1.807, 2.05) is 6.92 Å². The largest absolute Gasteiger partial charge is 0.333 e. The van der Waals surface area contributed by atoms with Crippen molar-refractivity contribution in [3.63, 3.8) is 0 Å². The highest BCUT2D eigenvalue weighted by Crippen LogP contribution is 2.16. The standard InChI is InChI=1S/C15H17ClN2O3/c1-2-7-17-8-9-18(15(21)14(17)20)10-13(19)11-5-3-4-6-12(11)16/h3-6H,2,7-10H2,1H3. The molecule has 0 spiro atoms. The molecule has 0 radical (unpaired) electrons. The van der Waals surface area contributed by atoms with E-state index in [0.717, 1.165) is 6.42 Å². The van der Waals surface area contributed by atoms with Crippen molar-refractivity contribution in [1.29, 1.82) is 0 Å². The zero-order valence-corrected chi connectivity index (χ0v) is 12.6. The number of piperazine rings is 1. The molecule has 1 aromatic rings. The molecule has 6 heteroatoms. The molecule has 0 aromatic heterocycles. The van der Waals surface area contributed by atoms with Gasteiger partial charge in [-0.2, -0.15) is 0 Å². The van der Waals surface area contributed by atoms with Crippen LogP contribution in [0.15, 0.2) is 24.3 Å². The minimum absolute atomic E-state index is 0.117. The number of benzene rings is 1. The first kappa shape index (κ1) is 15.5. The number of carbonyl (C=O) groups excluding carboxylic acids is 3. The van der Waals surface area contributed by atoms with E-state index in [-0.39, 0.29) is 12.3 Å². The molecule has 2 rings (SSSR count). The maximum Gasteiger partial charge on any atom is 0.312 e. The normalized spacial score (nSPS) is 15.5. The van der Waals surface area contributed by atoms with Gasteiger partial charge in [-0.1, -0.05) is 30.7 Å². The van der Waals surface area contributed by atoms with Crippen molar-refractivity contribution >= 4 is 29.2 Å². The van der Waals surface area contributed by atoms with Gasteiger partial charge in [-0.3, -0.25) is 14.4 Å². The van der Waals surface area contributed by atoms with Gasteiger partial charge < -0.3 is 9.80 Å². The van der Waals surface area contributed by atoms with Gasteiger partial charge in [-0.05, 0) is 18.6 Å². The fourth-order valence-electron chi connectivity index (χ4n) is 2.30. The fraction of sp³-hybridized carbons (Fsp3) is 0.400. The highest BCUT2D eigenvalue weighted by molar-refractivity contribution is 6.36. The van der Waals surface area contributed by atoms with Crippen molar-refractivity contribution in [2.75, 3.05) is 26.2 Å². The molecular formula is C15H17ClN2O3. The van der Waals surface area contributed by atoms with Crippen LogP contribution >= 0.6 is 11.6 Å². The predicted octanol–water partition coefficient (Wildman–Crippen LogP) is 1.60. The second-order valence-corrected chi connectivity index (χ2v) is 5.33. The van der Waals surface area contributed by atoms with E-state index in [4.69, 9.17) is 11.6 Å². The third-order valence-electron chi connectivity index (χ3n) is 3.40. The molecule has 0 aliphatic carbocycles. The number of amides is 2. The van der Waals surface area contributed by atoms with Crippen LogP contribution < -0.4 is 0 Å². The summed E-state index contributed by atoms with van der Waals surface area (Å²) in [6, 6.07) is 6.69. The number of rotatable bonds is 5. The van der Waals surface area contributed by atoms with Crippen molar-refractivity contribution in [2.45, 2.75) is 13.3 Å². The summed E-state index contributed by atoms with van der Waals surface area (Å²) in [4.78, 5) is 38.9. The highest BCUT2D eigenvalue weighted by atomic mass is 35.5. The van der Waals surface area contributed by atoms with Crippen LogP contribution in [0.3, 0.4) is 0 Å². The van der Waals surface area contributed by atoms with Gasteiger partial charge in [0.2, 0.25) is 0 Å². The number of halogens is 1. The van der Waals surface area contributed by atoms with Crippen LogP contribution in [-0.2, 0) is 9.59 Å². The number of hydrogen-bond donors (Lipinski definition) is 0. The Balaban J connectivity index is 2.04. The Bertz CT molecular complexity index is 574. The Morgan fingerprint density at radius 1 is 1.14 bits per heavy atom. The number of hydrogen-bond acceptors (Lipinski definition) is 3. The summed E-state index contributed by atoms with van der Waals surface area (Å²) < 4.78 is 0. The average molecular weight is 309 g/mol. The summed E-state index contributed by atoms with van der Waals surface area (Å²) in [5, 5.41) is 0.353. The van der Waals surface area contributed by atoms with Crippen molar-refractivity contribution in [1.82, 2.24) is 9.80 Å². The van der Waals surface area contributed by atoms with Crippen LogP contribution in [0.25, 0.3) is 0 Å². The number of Topliss-reactive ketones (excluding diaryl/α,β-unsaturated/α-hetero) is 1. The monoisotopic (exact) mass is 308 g/mol. The lowest BCUT2D eigenvalue weighted by Crippen LogP contribution is -2.55. The molecule has 112 valence electrons. The first-order valence-corrected chi connectivity index (χ1v) is 7.28. The molecule has 5 nitrogen and oxygen atoms in total. The van der Waals surface area contributed by atoms with E-state index in [0.29, 0.717) is 30.2 Å². The number of carbonyl (C=O) groups is 3. The van der Waals surface area contributed by atoms with E-state index in [9.17, 15) is 14.4 Å². The van der Waals surface area contributed by atoms with E-state index < -0.39 is 11.8 Å². The smallest absolute Gasteiger partial charge is 0.312 e. The van der Waals surface area contributed by atoms with Crippen molar-refractivity contribution in [3.05, 3.63) is 34.9 Å². The summed E-state index contributed by atoms with van der Waals surface area (Å²) in [5.74, 6) is -1.41. The summed E-state index contributed by atoms with van der Waals surface area (Å²) in [6.07, 6.45) is 0.803. The van der Waals surface area contributed by atoms with Crippen LogP contribution in [0.5, 0.6) is 0 Å². The van der Waals surface area contributed by atoms with E-state index in [1.165, 1.54) is 9.80 Å². The topological polar surface area (TPSA) is 57.7 Å². The molecule has 0 bridgehead atoms. The minimum atomic E-state index is -0.616. The highest BCUT2D eigenvalue weighted by Gasteiger charge is 2.33. The fourth-order valence-corrected chi connectivity index (χ4v) is 2.54. The van der Waals surface area contributed by atoms with E-state index in [2.05, 4.69) is 0 Å². The van der Waals surface area contributed by atoms with Crippen LogP contribution in [0, 0.1) is 0 Å². The Morgan fingerprint density at radius 2 is 1.76 bits per heavy atom. The minimum Gasteiger partial charge on any atom is -0.333 e. The third kappa shape index (κ3) is 3.42. The maximum absolute atomic E-state index is 12.2. The average Bonchev–Trinajstić information content (AvgIpc) is 2.47. The van der Waals surface area contributed by atoms with E-state index >= 15 is 0 Å². The number of ketones is 1. The van der Waals surface area contributed by atoms with Crippen molar-refractivity contribution < 1.29 is 14.4 Å². The summed E-state index contributed by atoms with van der Waals surface area (Å²) >= 11 is 5.97. The van der Waals surface area contributed by atoms with Gasteiger partial charge in [0, 0.05) is 25.2 Å². The molecule has 0 unspecified atom stereocenters. The number of nitrogens with zero attached hydrogens (tertiary/aromatic N) is 2. The second kappa shape index (κ2) is 6.72. The lowest BCUT2D eigenvalue weighted by Gasteiger charge is -2.33. The van der Waals surface area contributed by atoms with Crippen LogP contribution in [0.1, 0.15) is 23.7 Å². The van der Waals surface area contributed by atoms with Gasteiger partial charge in [0.15, 0.2) is 5.78 Å². The molecule has 0 N–H and O–H groups in total. The lowest BCUT2D eigenvalue weighted by molar-refractivity contribution is -0.155. The molecule has 1 aromatic carbocycles. The zero-order chi connectivity index (χ0) is 15.4.